The first-order valence-corrected chi connectivity index (χ1v) is 8.82. The molecule has 1 aliphatic heterocycles. The summed E-state index contributed by atoms with van der Waals surface area (Å²) in [6.45, 7) is 4.29. The van der Waals surface area contributed by atoms with Gasteiger partial charge in [0.1, 0.15) is 0 Å². The Hall–Kier alpha value is -2.26. The van der Waals surface area contributed by atoms with Gasteiger partial charge in [-0.15, -0.1) is 0 Å². The Bertz CT molecular complexity index is 689. The van der Waals surface area contributed by atoms with Crippen molar-refractivity contribution in [2.75, 3.05) is 12.4 Å². The highest BCUT2D eigenvalue weighted by molar-refractivity contribution is 8.03. The summed E-state index contributed by atoms with van der Waals surface area (Å²) in [4.78, 5) is 23.7. The van der Waals surface area contributed by atoms with Gasteiger partial charge in [-0.3, -0.25) is 9.59 Å². The maximum absolute atomic E-state index is 12.0. The van der Waals surface area contributed by atoms with E-state index in [-0.39, 0.29) is 30.0 Å². The van der Waals surface area contributed by atoms with Crippen molar-refractivity contribution in [2.45, 2.75) is 32.6 Å². The third kappa shape index (κ3) is 4.62. The number of ether oxygens (including phenoxy) is 1. The van der Waals surface area contributed by atoms with Gasteiger partial charge in [0, 0.05) is 12.3 Å². The van der Waals surface area contributed by atoms with Crippen LogP contribution in [-0.2, 0) is 14.3 Å². The van der Waals surface area contributed by atoms with E-state index in [4.69, 9.17) is 4.74 Å². The first-order chi connectivity index (χ1) is 11.5. The van der Waals surface area contributed by atoms with Crippen LogP contribution in [0.3, 0.4) is 0 Å². The number of benzene rings is 1. The van der Waals surface area contributed by atoms with Crippen LogP contribution < -0.4 is 5.32 Å². The van der Waals surface area contributed by atoms with E-state index in [1.165, 1.54) is 0 Å². The molecular formula is C18H20N2O3S. The van der Waals surface area contributed by atoms with Crippen molar-refractivity contribution in [2.24, 2.45) is 0 Å². The molecule has 0 saturated carbocycles. The van der Waals surface area contributed by atoms with Crippen LogP contribution in [0, 0.1) is 18.3 Å². The van der Waals surface area contributed by atoms with E-state index in [1.54, 1.807) is 0 Å². The van der Waals surface area contributed by atoms with Gasteiger partial charge in [0.15, 0.2) is 0 Å². The van der Waals surface area contributed by atoms with Crippen LogP contribution in [-0.4, -0.2) is 24.2 Å². The molecule has 0 bridgehead atoms. The van der Waals surface area contributed by atoms with Gasteiger partial charge in [-0.2, -0.15) is 5.26 Å². The van der Waals surface area contributed by atoms with Gasteiger partial charge in [-0.05, 0) is 18.9 Å². The summed E-state index contributed by atoms with van der Waals surface area (Å²) in [6.07, 6.45) is 0.991. The molecule has 0 radical (unpaired) electrons. The molecule has 1 aliphatic rings. The zero-order valence-electron chi connectivity index (χ0n) is 13.8. The summed E-state index contributed by atoms with van der Waals surface area (Å²) >= 11 is 1.14. The zero-order valence-corrected chi connectivity index (χ0v) is 14.6. The SMILES string of the molecule is CCCOC(=O)CSC1=C(C#N)[C@H](c2ccc(C)cc2)CC(=O)N1. The zero-order chi connectivity index (χ0) is 17.5. The van der Waals surface area contributed by atoms with Crippen molar-refractivity contribution < 1.29 is 14.3 Å². The van der Waals surface area contributed by atoms with Gasteiger partial charge in [-0.1, -0.05) is 48.5 Å². The number of amides is 1. The lowest BCUT2D eigenvalue weighted by Gasteiger charge is -2.25. The number of nitrogens with zero attached hydrogens (tertiary/aromatic N) is 1. The molecular weight excluding hydrogens is 324 g/mol. The number of hydrogen-bond acceptors (Lipinski definition) is 5. The number of carbonyl (C=O) groups excluding carboxylic acids is 2. The Kier molecular flexibility index (Phi) is 6.44. The number of nitrogens with one attached hydrogen (secondary N) is 1. The number of hydrogen-bond donors (Lipinski definition) is 1. The topological polar surface area (TPSA) is 79.2 Å². The predicted molar refractivity (Wildman–Crippen MR) is 93.0 cm³/mol. The lowest BCUT2D eigenvalue weighted by atomic mass is 9.87. The molecule has 2 rings (SSSR count). The summed E-state index contributed by atoms with van der Waals surface area (Å²) < 4.78 is 5.02. The first-order valence-electron chi connectivity index (χ1n) is 7.84. The number of allylic oxidation sites excluding steroid dienone is 1. The molecule has 1 aromatic carbocycles. The van der Waals surface area contributed by atoms with Gasteiger partial charge in [0.25, 0.3) is 0 Å². The summed E-state index contributed by atoms with van der Waals surface area (Å²) in [5.41, 5.74) is 2.54. The van der Waals surface area contributed by atoms with E-state index in [0.717, 1.165) is 29.3 Å². The van der Waals surface area contributed by atoms with Crippen LogP contribution in [0.25, 0.3) is 0 Å². The molecule has 1 amide bonds. The van der Waals surface area contributed by atoms with Crippen LogP contribution in [0.5, 0.6) is 0 Å². The summed E-state index contributed by atoms with van der Waals surface area (Å²) in [5, 5.41) is 12.7. The predicted octanol–water partition coefficient (Wildman–Crippen LogP) is 3.02. The van der Waals surface area contributed by atoms with Crippen molar-refractivity contribution >= 4 is 23.6 Å². The second kappa shape index (κ2) is 8.55. The fourth-order valence-electron chi connectivity index (χ4n) is 2.41. The van der Waals surface area contributed by atoms with Gasteiger partial charge < -0.3 is 10.1 Å². The molecule has 0 fully saturated rings. The average molecular weight is 344 g/mol. The van der Waals surface area contributed by atoms with Crippen LogP contribution in [0.1, 0.15) is 36.8 Å². The van der Waals surface area contributed by atoms with Gasteiger partial charge >= 0.3 is 5.97 Å². The molecule has 24 heavy (non-hydrogen) atoms. The molecule has 0 unspecified atom stereocenters. The molecule has 0 aliphatic carbocycles. The highest BCUT2D eigenvalue weighted by Gasteiger charge is 2.29. The smallest absolute Gasteiger partial charge is 0.316 e. The van der Waals surface area contributed by atoms with E-state index in [1.807, 2.05) is 38.1 Å². The molecule has 1 heterocycles. The Morgan fingerprint density at radius 1 is 1.42 bits per heavy atom. The monoisotopic (exact) mass is 344 g/mol. The number of nitriles is 1. The summed E-state index contributed by atoms with van der Waals surface area (Å²) in [6, 6.07) is 10.0. The molecule has 5 nitrogen and oxygen atoms in total. The van der Waals surface area contributed by atoms with E-state index in [9.17, 15) is 14.9 Å². The standard InChI is InChI=1S/C18H20N2O3S/c1-3-8-23-17(22)11-24-18-15(10-19)14(9-16(21)20-18)13-6-4-12(2)5-7-13/h4-7,14H,3,8-9,11H2,1-2H3,(H,20,21)/t14-/m0/s1. The first kappa shape index (κ1) is 18.1. The Morgan fingerprint density at radius 2 is 2.12 bits per heavy atom. The van der Waals surface area contributed by atoms with Crippen molar-refractivity contribution in [1.29, 1.82) is 5.26 Å². The van der Waals surface area contributed by atoms with Crippen molar-refractivity contribution in [3.8, 4) is 6.07 Å². The molecule has 0 spiro atoms. The van der Waals surface area contributed by atoms with Crippen molar-refractivity contribution in [1.82, 2.24) is 5.32 Å². The van der Waals surface area contributed by atoms with E-state index in [0.29, 0.717) is 17.2 Å². The Labute approximate surface area is 146 Å². The lowest BCUT2D eigenvalue weighted by Crippen LogP contribution is -2.31. The van der Waals surface area contributed by atoms with Crippen LogP contribution in [0.2, 0.25) is 0 Å². The molecule has 0 aromatic heterocycles. The highest BCUT2D eigenvalue weighted by Crippen LogP contribution is 2.35. The van der Waals surface area contributed by atoms with Crippen LogP contribution in [0.15, 0.2) is 34.9 Å². The van der Waals surface area contributed by atoms with Crippen LogP contribution >= 0.6 is 11.8 Å². The number of esters is 1. The molecule has 1 atom stereocenters. The molecule has 1 aromatic rings. The second-order valence-corrected chi connectivity index (χ2v) is 6.56. The molecule has 1 N–H and O–H groups in total. The number of thioether (sulfide) groups is 1. The fourth-order valence-corrected chi connectivity index (χ4v) is 3.28. The maximum Gasteiger partial charge on any atom is 0.316 e. The van der Waals surface area contributed by atoms with Gasteiger partial charge in [0.2, 0.25) is 5.91 Å². The van der Waals surface area contributed by atoms with E-state index in [2.05, 4.69) is 11.4 Å². The second-order valence-electron chi connectivity index (χ2n) is 5.58. The van der Waals surface area contributed by atoms with Crippen molar-refractivity contribution in [3.63, 3.8) is 0 Å². The van der Waals surface area contributed by atoms with Gasteiger partial charge in [0.05, 0.1) is 29.0 Å². The molecule has 6 heteroatoms. The highest BCUT2D eigenvalue weighted by atomic mass is 32.2. The molecule has 126 valence electrons. The largest absolute Gasteiger partial charge is 0.465 e. The quantitative estimate of drug-likeness (QED) is 0.803. The van der Waals surface area contributed by atoms with Gasteiger partial charge in [-0.25, -0.2) is 0 Å². The van der Waals surface area contributed by atoms with E-state index >= 15 is 0 Å². The number of carbonyl (C=O) groups is 2. The number of aryl methyl sites for hydroxylation is 1. The lowest BCUT2D eigenvalue weighted by molar-refractivity contribution is -0.140. The number of rotatable bonds is 6. The maximum atomic E-state index is 12.0. The minimum atomic E-state index is -0.349. The minimum Gasteiger partial charge on any atom is -0.465 e. The average Bonchev–Trinajstić information content (AvgIpc) is 2.58. The Balaban J connectivity index is 2.19. The Morgan fingerprint density at radius 3 is 2.75 bits per heavy atom. The van der Waals surface area contributed by atoms with Crippen LogP contribution in [0.4, 0.5) is 0 Å². The van der Waals surface area contributed by atoms with E-state index < -0.39 is 0 Å². The van der Waals surface area contributed by atoms with Crippen molar-refractivity contribution in [3.05, 3.63) is 46.0 Å². The third-order valence-electron chi connectivity index (χ3n) is 3.64. The fraction of sp³-hybridized carbons (Fsp3) is 0.389. The summed E-state index contributed by atoms with van der Waals surface area (Å²) in [7, 11) is 0. The normalized spacial score (nSPS) is 17.2. The summed E-state index contributed by atoms with van der Waals surface area (Å²) in [5.74, 6) is -0.706. The minimum absolute atomic E-state index is 0.0708. The molecule has 0 saturated heterocycles. The third-order valence-corrected chi connectivity index (χ3v) is 4.63.